The minimum absolute atomic E-state index is 0.0883. The largest absolute Gasteiger partial charge is 0.497 e. The molecule has 0 aliphatic heterocycles. The second-order valence-corrected chi connectivity index (χ2v) is 6.96. The van der Waals surface area contributed by atoms with E-state index in [9.17, 15) is 14.0 Å². The van der Waals surface area contributed by atoms with E-state index in [4.69, 9.17) is 4.74 Å². The highest BCUT2D eigenvalue weighted by Gasteiger charge is 2.25. The predicted molar refractivity (Wildman–Crippen MR) is 111 cm³/mol. The van der Waals surface area contributed by atoms with Crippen molar-refractivity contribution in [2.75, 3.05) is 13.7 Å². The summed E-state index contributed by atoms with van der Waals surface area (Å²) in [4.78, 5) is 26.8. The number of halogens is 1. The van der Waals surface area contributed by atoms with Gasteiger partial charge >= 0.3 is 0 Å². The molecule has 0 heterocycles. The van der Waals surface area contributed by atoms with E-state index >= 15 is 0 Å². The van der Waals surface area contributed by atoms with Gasteiger partial charge in [-0.2, -0.15) is 0 Å². The maximum atomic E-state index is 13.2. The van der Waals surface area contributed by atoms with Crippen LogP contribution in [0.1, 0.15) is 37.8 Å². The van der Waals surface area contributed by atoms with Crippen molar-refractivity contribution in [3.63, 3.8) is 0 Å². The van der Waals surface area contributed by atoms with Crippen LogP contribution < -0.4 is 10.1 Å². The van der Waals surface area contributed by atoms with Crippen molar-refractivity contribution in [1.29, 1.82) is 0 Å². The van der Waals surface area contributed by atoms with Crippen LogP contribution in [0.15, 0.2) is 48.5 Å². The first-order valence-electron chi connectivity index (χ1n) is 9.89. The lowest BCUT2D eigenvalue weighted by Crippen LogP contribution is -2.47. The number of nitrogens with zero attached hydrogens (tertiary/aromatic N) is 1. The summed E-state index contributed by atoms with van der Waals surface area (Å²) in [5.74, 6) is 0.168. The Balaban J connectivity index is 1.96. The number of carbonyl (C=O) groups is 2. The molecular formula is C23H29FN2O3. The molecule has 0 aliphatic carbocycles. The summed E-state index contributed by atoms with van der Waals surface area (Å²) >= 11 is 0. The smallest absolute Gasteiger partial charge is 0.242 e. The monoisotopic (exact) mass is 400 g/mol. The third kappa shape index (κ3) is 6.89. The number of benzene rings is 2. The quantitative estimate of drug-likeness (QED) is 0.661. The molecule has 6 heteroatoms. The van der Waals surface area contributed by atoms with Gasteiger partial charge in [0.25, 0.3) is 0 Å². The first kappa shape index (κ1) is 22.4. The molecule has 0 aliphatic rings. The van der Waals surface area contributed by atoms with Gasteiger partial charge in [0.05, 0.1) is 7.11 Å². The number of carbonyl (C=O) groups excluding carboxylic acids is 2. The molecule has 156 valence electrons. The lowest BCUT2D eigenvalue weighted by Gasteiger charge is -2.28. The van der Waals surface area contributed by atoms with Crippen molar-refractivity contribution in [2.24, 2.45) is 0 Å². The van der Waals surface area contributed by atoms with Crippen LogP contribution in [0.3, 0.4) is 0 Å². The summed E-state index contributed by atoms with van der Waals surface area (Å²) in [6.07, 6.45) is 1.75. The molecule has 2 aromatic rings. The van der Waals surface area contributed by atoms with E-state index in [1.807, 2.05) is 31.2 Å². The van der Waals surface area contributed by atoms with E-state index < -0.39 is 6.04 Å². The molecule has 1 atom stereocenters. The lowest BCUT2D eigenvalue weighted by molar-refractivity contribution is -0.140. The van der Waals surface area contributed by atoms with Gasteiger partial charge in [0.2, 0.25) is 11.8 Å². The first-order valence-corrected chi connectivity index (χ1v) is 9.89. The van der Waals surface area contributed by atoms with Gasteiger partial charge in [0, 0.05) is 19.5 Å². The van der Waals surface area contributed by atoms with Crippen LogP contribution in [0, 0.1) is 5.82 Å². The molecule has 0 spiro atoms. The Bertz CT molecular complexity index is 791. The number of methoxy groups -OCH3 is 1. The Morgan fingerprint density at radius 3 is 2.28 bits per heavy atom. The van der Waals surface area contributed by atoms with Crippen molar-refractivity contribution in [2.45, 2.75) is 45.7 Å². The first-order chi connectivity index (χ1) is 13.9. The number of amides is 2. The SMILES string of the molecule is CCCC(=O)N(Cc1ccc(F)cc1)C(C)C(=O)NCCc1ccc(OC)cc1. The Labute approximate surface area is 171 Å². The van der Waals surface area contributed by atoms with Crippen LogP contribution in [-0.4, -0.2) is 36.4 Å². The summed E-state index contributed by atoms with van der Waals surface area (Å²) in [5.41, 5.74) is 1.87. The fourth-order valence-corrected chi connectivity index (χ4v) is 3.00. The molecule has 2 rings (SSSR count). The Morgan fingerprint density at radius 1 is 1.07 bits per heavy atom. The minimum Gasteiger partial charge on any atom is -0.497 e. The van der Waals surface area contributed by atoms with Crippen LogP contribution in [0.25, 0.3) is 0 Å². The van der Waals surface area contributed by atoms with Gasteiger partial charge in [-0.25, -0.2) is 4.39 Å². The summed E-state index contributed by atoms with van der Waals surface area (Å²) in [5, 5.41) is 2.91. The highest BCUT2D eigenvalue weighted by Crippen LogP contribution is 2.13. The van der Waals surface area contributed by atoms with Gasteiger partial charge in [-0.3, -0.25) is 9.59 Å². The standard InChI is InChI=1S/C23H29FN2O3/c1-4-5-22(27)26(16-19-6-10-20(24)11-7-19)17(2)23(28)25-15-14-18-8-12-21(29-3)13-9-18/h6-13,17H,4-5,14-16H2,1-3H3,(H,25,28). The van der Waals surface area contributed by atoms with E-state index in [2.05, 4.69) is 5.32 Å². The Kier molecular flexibility index (Phi) is 8.65. The molecule has 1 N–H and O–H groups in total. The van der Waals surface area contributed by atoms with E-state index in [-0.39, 0.29) is 24.2 Å². The Hall–Kier alpha value is -2.89. The topological polar surface area (TPSA) is 58.6 Å². The van der Waals surface area contributed by atoms with E-state index in [0.717, 1.165) is 16.9 Å². The normalized spacial score (nSPS) is 11.6. The van der Waals surface area contributed by atoms with Gasteiger partial charge in [-0.1, -0.05) is 31.2 Å². The van der Waals surface area contributed by atoms with Crippen molar-refractivity contribution in [1.82, 2.24) is 10.2 Å². The van der Waals surface area contributed by atoms with Gasteiger partial charge in [-0.15, -0.1) is 0 Å². The molecule has 0 fully saturated rings. The molecule has 0 saturated heterocycles. The van der Waals surface area contributed by atoms with Crippen LogP contribution in [0.5, 0.6) is 5.75 Å². The van der Waals surface area contributed by atoms with Crippen molar-refractivity contribution >= 4 is 11.8 Å². The Morgan fingerprint density at radius 2 is 1.69 bits per heavy atom. The second-order valence-electron chi connectivity index (χ2n) is 6.96. The minimum atomic E-state index is -0.616. The maximum Gasteiger partial charge on any atom is 0.242 e. The summed E-state index contributed by atoms with van der Waals surface area (Å²) in [6, 6.07) is 13.1. The molecule has 2 amide bonds. The molecule has 1 unspecified atom stereocenters. The average molecular weight is 400 g/mol. The molecule has 2 aromatic carbocycles. The number of rotatable bonds is 10. The summed E-state index contributed by atoms with van der Waals surface area (Å²) < 4.78 is 18.3. The zero-order valence-electron chi connectivity index (χ0n) is 17.3. The fraction of sp³-hybridized carbons (Fsp3) is 0.391. The van der Waals surface area contributed by atoms with E-state index in [1.165, 1.54) is 12.1 Å². The van der Waals surface area contributed by atoms with Gasteiger partial charge in [-0.05, 0) is 55.2 Å². The number of hydrogen-bond acceptors (Lipinski definition) is 3. The molecule has 0 bridgehead atoms. The second kappa shape index (κ2) is 11.2. The van der Waals surface area contributed by atoms with E-state index in [1.54, 1.807) is 31.1 Å². The van der Waals surface area contributed by atoms with Crippen LogP contribution in [-0.2, 0) is 22.6 Å². The van der Waals surface area contributed by atoms with Gasteiger partial charge in [0.1, 0.15) is 17.6 Å². The summed E-state index contributed by atoms with van der Waals surface area (Å²) in [6.45, 7) is 4.39. The predicted octanol–water partition coefficient (Wildman–Crippen LogP) is 3.71. The maximum absolute atomic E-state index is 13.2. The molecule has 29 heavy (non-hydrogen) atoms. The average Bonchev–Trinajstić information content (AvgIpc) is 2.73. The number of hydrogen-bond donors (Lipinski definition) is 1. The summed E-state index contributed by atoms with van der Waals surface area (Å²) in [7, 11) is 1.62. The van der Waals surface area contributed by atoms with Crippen molar-refractivity contribution in [3.05, 3.63) is 65.5 Å². The lowest BCUT2D eigenvalue weighted by atomic mass is 10.1. The number of nitrogens with one attached hydrogen (secondary N) is 1. The molecular weight excluding hydrogens is 371 g/mol. The zero-order valence-corrected chi connectivity index (χ0v) is 17.3. The van der Waals surface area contributed by atoms with Crippen molar-refractivity contribution in [3.8, 4) is 5.75 Å². The van der Waals surface area contributed by atoms with Crippen LogP contribution in [0.4, 0.5) is 4.39 Å². The molecule has 0 saturated carbocycles. The molecule has 0 aromatic heterocycles. The molecule has 5 nitrogen and oxygen atoms in total. The zero-order chi connectivity index (χ0) is 21.2. The van der Waals surface area contributed by atoms with E-state index in [0.29, 0.717) is 25.8 Å². The number of ether oxygens (including phenoxy) is 1. The third-order valence-corrected chi connectivity index (χ3v) is 4.77. The fourth-order valence-electron chi connectivity index (χ4n) is 3.00. The van der Waals surface area contributed by atoms with Gasteiger partial charge < -0.3 is 15.0 Å². The van der Waals surface area contributed by atoms with Crippen molar-refractivity contribution < 1.29 is 18.7 Å². The highest BCUT2D eigenvalue weighted by molar-refractivity contribution is 5.87. The molecule has 0 radical (unpaired) electrons. The van der Waals surface area contributed by atoms with Crippen LogP contribution in [0.2, 0.25) is 0 Å². The van der Waals surface area contributed by atoms with Crippen LogP contribution >= 0.6 is 0 Å². The third-order valence-electron chi connectivity index (χ3n) is 4.77. The van der Waals surface area contributed by atoms with Gasteiger partial charge in [0.15, 0.2) is 0 Å². The highest BCUT2D eigenvalue weighted by atomic mass is 19.1.